The standard InChI is InChI=1S/C9H9ClN2/c1-6(2)9-8(11-3)4-7(10)5-12-9/h4-5H,1,3H2,2H3. The molecule has 12 heavy (non-hydrogen) atoms. The number of aromatic nitrogens is 1. The molecule has 1 aromatic rings. The van der Waals surface area contributed by atoms with Gasteiger partial charge in [0, 0.05) is 6.20 Å². The van der Waals surface area contributed by atoms with Crippen molar-refractivity contribution >= 4 is 29.6 Å². The first-order valence-electron chi connectivity index (χ1n) is 3.43. The van der Waals surface area contributed by atoms with Crippen molar-refractivity contribution < 1.29 is 0 Å². The molecule has 1 aromatic heterocycles. The van der Waals surface area contributed by atoms with Crippen molar-refractivity contribution in [3.05, 3.63) is 29.6 Å². The summed E-state index contributed by atoms with van der Waals surface area (Å²) in [7, 11) is 0. The monoisotopic (exact) mass is 180 g/mol. The zero-order valence-corrected chi connectivity index (χ0v) is 7.60. The lowest BCUT2D eigenvalue weighted by atomic mass is 10.2. The Hall–Kier alpha value is -1.15. The Bertz CT molecular complexity index is 331. The van der Waals surface area contributed by atoms with Gasteiger partial charge >= 0.3 is 0 Å². The summed E-state index contributed by atoms with van der Waals surface area (Å²) in [5, 5.41) is 0.558. The lowest BCUT2D eigenvalue weighted by Gasteiger charge is -2.02. The summed E-state index contributed by atoms with van der Waals surface area (Å²) in [4.78, 5) is 7.88. The highest BCUT2D eigenvalue weighted by Crippen LogP contribution is 2.25. The third-order valence-electron chi connectivity index (χ3n) is 1.41. The average Bonchev–Trinajstić information content (AvgIpc) is 2.03. The fraction of sp³-hybridized carbons (Fsp3) is 0.111. The summed E-state index contributed by atoms with van der Waals surface area (Å²) in [5.74, 6) is 0. The van der Waals surface area contributed by atoms with Crippen molar-refractivity contribution in [2.45, 2.75) is 6.92 Å². The molecule has 1 heterocycles. The first kappa shape index (κ1) is 8.94. The van der Waals surface area contributed by atoms with Crippen molar-refractivity contribution in [3.8, 4) is 0 Å². The minimum Gasteiger partial charge on any atom is -0.262 e. The van der Waals surface area contributed by atoms with Gasteiger partial charge in [0.05, 0.1) is 16.4 Å². The summed E-state index contributed by atoms with van der Waals surface area (Å²) >= 11 is 5.72. The molecule has 0 aromatic carbocycles. The van der Waals surface area contributed by atoms with E-state index >= 15 is 0 Å². The highest BCUT2D eigenvalue weighted by molar-refractivity contribution is 6.30. The molecular weight excluding hydrogens is 172 g/mol. The van der Waals surface area contributed by atoms with Crippen LogP contribution in [0, 0.1) is 0 Å². The van der Waals surface area contributed by atoms with Crippen LogP contribution in [0.1, 0.15) is 12.6 Å². The van der Waals surface area contributed by atoms with Gasteiger partial charge in [-0.15, -0.1) is 0 Å². The molecule has 0 aliphatic rings. The smallest absolute Gasteiger partial charge is 0.0910 e. The van der Waals surface area contributed by atoms with Crippen LogP contribution >= 0.6 is 11.6 Å². The molecule has 0 N–H and O–H groups in total. The molecule has 0 saturated carbocycles. The van der Waals surface area contributed by atoms with Gasteiger partial charge in [0.25, 0.3) is 0 Å². The first-order chi connectivity index (χ1) is 5.65. The minimum atomic E-state index is 0.558. The van der Waals surface area contributed by atoms with Gasteiger partial charge in [-0.05, 0) is 25.3 Å². The van der Waals surface area contributed by atoms with Gasteiger partial charge in [0.2, 0.25) is 0 Å². The topological polar surface area (TPSA) is 25.2 Å². The highest BCUT2D eigenvalue weighted by Gasteiger charge is 2.02. The Morgan fingerprint density at radius 1 is 1.67 bits per heavy atom. The molecule has 1 rings (SSSR count). The number of allylic oxidation sites excluding steroid dienone is 1. The van der Waals surface area contributed by atoms with E-state index in [4.69, 9.17) is 11.6 Å². The number of pyridine rings is 1. The SMILES string of the molecule is C=Nc1cc(Cl)cnc1C(=C)C. The number of hydrogen-bond donors (Lipinski definition) is 0. The molecule has 0 aliphatic heterocycles. The molecule has 62 valence electrons. The van der Waals surface area contributed by atoms with E-state index < -0.39 is 0 Å². The van der Waals surface area contributed by atoms with Gasteiger partial charge < -0.3 is 0 Å². The van der Waals surface area contributed by atoms with E-state index in [9.17, 15) is 0 Å². The molecule has 3 heteroatoms. The molecule has 0 fully saturated rings. The largest absolute Gasteiger partial charge is 0.262 e. The van der Waals surface area contributed by atoms with Gasteiger partial charge in [0.15, 0.2) is 0 Å². The Labute approximate surface area is 76.6 Å². The summed E-state index contributed by atoms with van der Waals surface area (Å²) in [6, 6.07) is 1.71. The maximum Gasteiger partial charge on any atom is 0.0910 e. The van der Waals surface area contributed by atoms with Gasteiger partial charge in [0.1, 0.15) is 0 Å². The Balaban J connectivity index is 3.29. The second kappa shape index (κ2) is 3.50. The van der Waals surface area contributed by atoms with Crippen LogP contribution in [0.15, 0.2) is 23.8 Å². The van der Waals surface area contributed by atoms with Crippen molar-refractivity contribution in [2.75, 3.05) is 0 Å². The van der Waals surface area contributed by atoms with E-state index in [1.54, 1.807) is 12.3 Å². The number of halogens is 1. The summed E-state index contributed by atoms with van der Waals surface area (Å²) in [6.45, 7) is 9.06. The molecule has 0 saturated heterocycles. The van der Waals surface area contributed by atoms with E-state index in [0.29, 0.717) is 10.7 Å². The Kier molecular flexibility index (Phi) is 2.61. The molecule has 0 aliphatic carbocycles. The normalized spacial score (nSPS) is 9.50. The number of hydrogen-bond acceptors (Lipinski definition) is 2. The average molecular weight is 181 g/mol. The molecule has 0 atom stereocenters. The van der Waals surface area contributed by atoms with Crippen molar-refractivity contribution in [1.82, 2.24) is 4.98 Å². The lowest BCUT2D eigenvalue weighted by molar-refractivity contribution is 1.25. The Morgan fingerprint density at radius 2 is 2.33 bits per heavy atom. The van der Waals surface area contributed by atoms with Crippen LogP contribution in [0.4, 0.5) is 5.69 Å². The number of aliphatic imine (C=N–C) groups is 1. The van der Waals surface area contributed by atoms with E-state index in [1.165, 1.54) is 0 Å². The van der Waals surface area contributed by atoms with E-state index in [0.717, 1.165) is 11.3 Å². The van der Waals surface area contributed by atoms with Crippen LogP contribution in [-0.4, -0.2) is 11.7 Å². The molecule has 0 unspecified atom stereocenters. The van der Waals surface area contributed by atoms with E-state index in [1.807, 2.05) is 6.92 Å². The van der Waals surface area contributed by atoms with Gasteiger partial charge in [-0.3, -0.25) is 9.98 Å². The summed E-state index contributed by atoms with van der Waals surface area (Å²) in [5.41, 5.74) is 2.28. The third-order valence-corrected chi connectivity index (χ3v) is 1.62. The van der Waals surface area contributed by atoms with Gasteiger partial charge in [-0.1, -0.05) is 18.2 Å². The van der Waals surface area contributed by atoms with Crippen molar-refractivity contribution in [3.63, 3.8) is 0 Å². The second-order valence-corrected chi connectivity index (χ2v) is 2.90. The van der Waals surface area contributed by atoms with Crippen LogP contribution in [0.3, 0.4) is 0 Å². The molecule has 0 bridgehead atoms. The van der Waals surface area contributed by atoms with E-state index in [2.05, 4.69) is 23.3 Å². The molecule has 0 amide bonds. The quantitative estimate of drug-likeness (QED) is 0.642. The first-order valence-corrected chi connectivity index (χ1v) is 3.81. The van der Waals surface area contributed by atoms with Gasteiger partial charge in [-0.25, -0.2) is 0 Å². The van der Waals surface area contributed by atoms with Crippen LogP contribution in [0.2, 0.25) is 5.02 Å². The van der Waals surface area contributed by atoms with Crippen molar-refractivity contribution in [1.29, 1.82) is 0 Å². The number of rotatable bonds is 2. The predicted molar refractivity (Wildman–Crippen MR) is 53.2 cm³/mol. The fourth-order valence-corrected chi connectivity index (χ4v) is 1.03. The molecule has 2 nitrogen and oxygen atoms in total. The fourth-order valence-electron chi connectivity index (χ4n) is 0.878. The molecule has 0 radical (unpaired) electrons. The maximum absolute atomic E-state index is 5.72. The highest BCUT2D eigenvalue weighted by atomic mass is 35.5. The summed E-state index contributed by atoms with van der Waals surface area (Å²) in [6.07, 6.45) is 1.57. The molecular formula is C9H9ClN2. The van der Waals surface area contributed by atoms with Crippen LogP contribution in [-0.2, 0) is 0 Å². The maximum atomic E-state index is 5.72. The Morgan fingerprint density at radius 3 is 2.83 bits per heavy atom. The predicted octanol–water partition coefficient (Wildman–Crippen LogP) is 3.10. The number of nitrogens with zero attached hydrogens (tertiary/aromatic N) is 2. The van der Waals surface area contributed by atoms with Crippen LogP contribution in [0.5, 0.6) is 0 Å². The van der Waals surface area contributed by atoms with E-state index in [-0.39, 0.29) is 0 Å². The zero-order chi connectivity index (χ0) is 9.14. The lowest BCUT2D eigenvalue weighted by Crippen LogP contribution is -1.85. The summed E-state index contributed by atoms with van der Waals surface area (Å²) < 4.78 is 0. The minimum absolute atomic E-state index is 0.558. The van der Waals surface area contributed by atoms with Crippen molar-refractivity contribution in [2.24, 2.45) is 4.99 Å². The third kappa shape index (κ3) is 1.71. The second-order valence-electron chi connectivity index (χ2n) is 2.46. The van der Waals surface area contributed by atoms with Crippen LogP contribution < -0.4 is 0 Å². The zero-order valence-electron chi connectivity index (χ0n) is 6.84. The molecule has 0 spiro atoms. The van der Waals surface area contributed by atoms with Crippen LogP contribution in [0.25, 0.3) is 5.57 Å². The van der Waals surface area contributed by atoms with Gasteiger partial charge in [-0.2, -0.15) is 0 Å².